The van der Waals surface area contributed by atoms with Crippen molar-refractivity contribution in [2.75, 3.05) is 0 Å². The van der Waals surface area contributed by atoms with Crippen LogP contribution in [-0.4, -0.2) is 24.1 Å². The molecule has 0 aliphatic heterocycles. The molecule has 3 aromatic heterocycles. The van der Waals surface area contributed by atoms with E-state index >= 15 is 0 Å². The van der Waals surface area contributed by atoms with Gasteiger partial charge in [-0.15, -0.1) is 0 Å². The van der Waals surface area contributed by atoms with Gasteiger partial charge in [-0.2, -0.15) is 5.26 Å². The van der Waals surface area contributed by atoms with Gasteiger partial charge in [0.1, 0.15) is 0 Å². The Bertz CT molecular complexity index is 4190. The van der Waals surface area contributed by atoms with E-state index in [1.807, 2.05) is 84.9 Å². The maximum atomic E-state index is 9.59. The Hall–Kier alpha value is -10.7. The van der Waals surface area contributed by atoms with Crippen molar-refractivity contribution in [3.63, 3.8) is 0 Å². The van der Waals surface area contributed by atoms with Crippen LogP contribution in [0.5, 0.6) is 0 Å². The zero-order valence-corrected chi connectivity index (χ0v) is 39.5. The average Bonchev–Trinajstić information content (AvgIpc) is 4.00. The van der Waals surface area contributed by atoms with Crippen LogP contribution in [0, 0.1) is 24.5 Å². The van der Waals surface area contributed by atoms with Crippen molar-refractivity contribution in [3.05, 3.63) is 259 Å². The maximum absolute atomic E-state index is 9.59. The summed E-state index contributed by atoms with van der Waals surface area (Å²) in [6, 6.07) is 80.0. The third kappa shape index (κ3) is 7.42. The largest absolute Gasteiger partial charge is 0.308 e. The summed E-state index contributed by atoms with van der Waals surface area (Å²) >= 11 is 0. The van der Waals surface area contributed by atoms with Gasteiger partial charge in [-0.25, -0.2) is 24.6 Å². The minimum absolute atomic E-state index is 0.467. The summed E-state index contributed by atoms with van der Waals surface area (Å²) in [5, 5.41) is 14.1. The molecule has 0 aliphatic rings. The first-order valence-corrected chi connectivity index (χ1v) is 24.1. The van der Waals surface area contributed by atoms with Crippen molar-refractivity contribution in [1.82, 2.24) is 24.1 Å². The van der Waals surface area contributed by atoms with Gasteiger partial charge in [0.2, 0.25) is 0 Å². The predicted molar refractivity (Wildman–Crippen MR) is 298 cm³/mol. The third-order valence-corrected chi connectivity index (χ3v) is 13.8. The molecule has 0 spiro atoms. The van der Waals surface area contributed by atoms with Gasteiger partial charge in [-0.1, -0.05) is 152 Å². The van der Waals surface area contributed by atoms with Gasteiger partial charge >= 0.3 is 0 Å². The Morgan fingerprint density at radius 2 is 0.703 bits per heavy atom. The van der Waals surface area contributed by atoms with E-state index in [1.54, 1.807) is 0 Å². The van der Waals surface area contributed by atoms with Crippen molar-refractivity contribution in [2.45, 2.75) is 0 Å². The van der Waals surface area contributed by atoms with Crippen LogP contribution >= 0.6 is 0 Å². The molecular formula is C66H38N8. The highest BCUT2D eigenvalue weighted by Gasteiger charge is 2.24. The van der Waals surface area contributed by atoms with Crippen molar-refractivity contribution in [2.24, 2.45) is 0 Å². The Kier molecular flexibility index (Phi) is 10.5. The Balaban J connectivity index is 1.12. The summed E-state index contributed by atoms with van der Waals surface area (Å²) in [6.07, 6.45) is 0. The molecule has 0 bridgehead atoms. The van der Waals surface area contributed by atoms with Crippen molar-refractivity contribution >= 4 is 55.0 Å². The normalized spacial score (nSPS) is 11.2. The molecule has 0 radical (unpaired) electrons. The van der Waals surface area contributed by atoms with E-state index < -0.39 is 0 Å². The van der Waals surface area contributed by atoms with Crippen molar-refractivity contribution in [1.29, 1.82) is 5.26 Å². The molecule has 74 heavy (non-hydrogen) atoms. The molecule has 3 heterocycles. The molecule has 0 N–H and O–H groups in total. The van der Waals surface area contributed by atoms with Gasteiger partial charge in [0.15, 0.2) is 28.8 Å². The molecule has 8 heteroatoms. The molecule has 0 saturated carbocycles. The zero-order chi connectivity index (χ0) is 49.7. The Morgan fingerprint density at radius 3 is 1.14 bits per heavy atom. The molecule has 0 unspecified atom stereocenters. The topological polar surface area (TPSA) is 81.0 Å². The molecular weight excluding hydrogens is 905 g/mol. The fourth-order valence-electron chi connectivity index (χ4n) is 10.4. The van der Waals surface area contributed by atoms with E-state index in [-0.39, 0.29) is 0 Å². The minimum atomic E-state index is 0.467. The van der Waals surface area contributed by atoms with Crippen molar-refractivity contribution in [3.8, 4) is 85.0 Å². The number of aromatic nitrogens is 5. The van der Waals surface area contributed by atoms with Gasteiger partial charge in [0.05, 0.1) is 58.2 Å². The monoisotopic (exact) mass is 942 g/mol. The second kappa shape index (κ2) is 17.9. The van der Waals surface area contributed by atoms with Crippen molar-refractivity contribution < 1.29 is 0 Å². The molecule has 0 aliphatic carbocycles. The lowest BCUT2D eigenvalue weighted by molar-refractivity contribution is 1.06. The fraction of sp³-hybridized carbons (Fsp3) is 0. The first kappa shape index (κ1) is 43.3. The van der Waals surface area contributed by atoms with Crippen LogP contribution in [0.25, 0.3) is 132 Å². The molecule has 8 nitrogen and oxygen atoms in total. The second-order valence-corrected chi connectivity index (χ2v) is 18.1. The van der Waals surface area contributed by atoms with Crippen LogP contribution in [0.2, 0.25) is 0 Å². The molecule has 10 aromatic carbocycles. The summed E-state index contributed by atoms with van der Waals surface area (Å²) in [6.45, 7) is 15.7. The van der Waals surface area contributed by atoms with E-state index in [2.05, 4.69) is 170 Å². The molecule has 0 fully saturated rings. The van der Waals surface area contributed by atoms with Crippen LogP contribution in [0.3, 0.4) is 0 Å². The SMILES string of the molecule is [C-]#[N+]c1cccc(-c2ccc(-c3nc(-c4cccc(-c5ccc(C#N)cc5)c4)nc(-c4ccc(-c5cccc([N+]#[C-])c5)cc4-n4c5ccccc5c5ccccc54)n3)c(-n3c4ccccc4c4ccccc43)c2)c1. The second-order valence-electron chi connectivity index (χ2n) is 18.1. The summed E-state index contributed by atoms with van der Waals surface area (Å²) in [7, 11) is 0. The fourth-order valence-corrected chi connectivity index (χ4v) is 10.4. The zero-order valence-electron chi connectivity index (χ0n) is 39.5. The summed E-state index contributed by atoms with van der Waals surface area (Å²) in [5.74, 6) is 1.41. The number of nitriles is 1. The number of hydrogen-bond acceptors (Lipinski definition) is 4. The van der Waals surface area contributed by atoms with E-state index in [4.69, 9.17) is 28.1 Å². The first-order valence-electron chi connectivity index (χ1n) is 24.1. The standard InChI is InChI=1S/C66H38N8/c1-68-50-18-12-15-45(37-50)47-32-34-56(62(39-47)73-58-24-7-3-20-52(58)53-21-4-8-25-59(53)73)65-70-64(49-17-11-14-44(36-49)43-30-28-42(41-67)29-31-43)71-66(72-65)57-35-33-48(46-16-13-19-51(38-46)69-2)40-63(57)74-60-26-9-5-22-54(60)55-23-6-10-27-61(55)74/h3-40H. The summed E-state index contributed by atoms with van der Waals surface area (Å²) < 4.78 is 4.60. The minimum Gasteiger partial charge on any atom is -0.308 e. The highest BCUT2D eigenvalue weighted by Crippen LogP contribution is 2.42. The van der Waals surface area contributed by atoms with Crippen LogP contribution < -0.4 is 0 Å². The van der Waals surface area contributed by atoms with Gasteiger partial charge in [-0.05, 0) is 112 Å². The smallest absolute Gasteiger partial charge is 0.187 e. The van der Waals surface area contributed by atoms with E-state index in [9.17, 15) is 5.26 Å². The quantitative estimate of drug-likeness (QED) is 0.142. The lowest BCUT2D eigenvalue weighted by Gasteiger charge is -2.18. The first-order chi connectivity index (χ1) is 36.5. The number of nitrogens with zero attached hydrogens (tertiary/aromatic N) is 8. The van der Waals surface area contributed by atoms with E-state index in [1.165, 1.54) is 0 Å². The molecule has 342 valence electrons. The summed E-state index contributed by atoms with van der Waals surface area (Å²) in [4.78, 5) is 24.0. The van der Waals surface area contributed by atoms with Crippen LogP contribution in [0.1, 0.15) is 5.56 Å². The summed E-state index contributed by atoms with van der Waals surface area (Å²) in [5.41, 5.74) is 15.5. The number of rotatable bonds is 8. The lowest BCUT2D eigenvalue weighted by atomic mass is 9.99. The molecule has 0 atom stereocenters. The molecule has 13 rings (SSSR count). The lowest BCUT2D eigenvalue weighted by Crippen LogP contribution is -2.06. The van der Waals surface area contributed by atoms with Crippen LogP contribution in [0.4, 0.5) is 11.4 Å². The maximum Gasteiger partial charge on any atom is 0.187 e. The van der Waals surface area contributed by atoms with Gasteiger partial charge in [0, 0.05) is 38.2 Å². The highest BCUT2D eigenvalue weighted by atomic mass is 15.1. The van der Waals surface area contributed by atoms with Crippen LogP contribution in [-0.2, 0) is 0 Å². The molecule has 0 saturated heterocycles. The number of hydrogen-bond donors (Lipinski definition) is 0. The Labute approximate surface area is 426 Å². The van der Waals surface area contributed by atoms with E-state index in [0.717, 1.165) is 105 Å². The van der Waals surface area contributed by atoms with Crippen LogP contribution in [0.15, 0.2) is 231 Å². The number of fused-ring (bicyclic) bond motifs is 6. The number of para-hydroxylation sites is 4. The van der Waals surface area contributed by atoms with Gasteiger partial charge in [0.25, 0.3) is 0 Å². The Morgan fingerprint density at radius 1 is 0.338 bits per heavy atom. The molecule has 13 aromatic rings. The predicted octanol–water partition coefficient (Wildman–Crippen LogP) is 17.0. The third-order valence-electron chi connectivity index (χ3n) is 13.8. The van der Waals surface area contributed by atoms with E-state index in [0.29, 0.717) is 34.4 Å². The van der Waals surface area contributed by atoms with Gasteiger partial charge in [-0.3, -0.25) is 0 Å². The molecule has 0 amide bonds. The number of benzene rings is 10. The van der Waals surface area contributed by atoms with Gasteiger partial charge < -0.3 is 9.13 Å². The average molecular weight is 943 g/mol. The highest BCUT2D eigenvalue weighted by molar-refractivity contribution is 6.11.